The molecule has 10 aromatic rings. The van der Waals surface area contributed by atoms with Gasteiger partial charge in [-0.15, -0.1) is 5.10 Å². The predicted octanol–water partition coefficient (Wildman–Crippen LogP) is 6.26. The number of aromatic nitrogens is 12. The number of carbonyl (C=O) groups excluding carboxylic acids is 4. The summed E-state index contributed by atoms with van der Waals surface area (Å²) >= 11 is 0. The molecule has 2 N–H and O–H groups in total. The highest BCUT2D eigenvalue weighted by Gasteiger charge is 2.33. The van der Waals surface area contributed by atoms with Crippen molar-refractivity contribution >= 4 is 45.2 Å². The number of pyridine rings is 4. The normalized spacial score (nSPS) is 12.9. The lowest BCUT2D eigenvalue weighted by Gasteiger charge is -2.29. The summed E-state index contributed by atoms with van der Waals surface area (Å²) in [6.07, 6.45) is 13.7. The molecule has 2 aromatic carbocycles. The summed E-state index contributed by atoms with van der Waals surface area (Å²) < 4.78 is 24.3. The fourth-order valence-electron chi connectivity index (χ4n) is 10.1. The van der Waals surface area contributed by atoms with Crippen LogP contribution in [0, 0.1) is 0 Å². The Balaban J connectivity index is 0.000000165. The highest BCUT2D eigenvalue weighted by molar-refractivity contribution is 6.46. The molecule has 10 heterocycles. The largest absolute Gasteiger partial charge is 0.494 e. The van der Waals surface area contributed by atoms with E-state index in [1.165, 1.54) is 61.0 Å². The Labute approximate surface area is 445 Å². The van der Waals surface area contributed by atoms with Crippen LogP contribution in [-0.4, -0.2) is 134 Å². The van der Waals surface area contributed by atoms with Gasteiger partial charge in [0, 0.05) is 76.3 Å². The lowest BCUT2D eigenvalue weighted by Crippen LogP contribution is -2.40. The van der Waals surface area contributed by atoms with E-state index < -0.39 is 23.4 Å². The van der Waals surface area contributed by atoms with Crippen LogP contribution in [0.3, 0.4) is 0 Å². The summed E-state index contributed by atoms with van der Waals surface area (Å²) in [5.74, 6) is 0.175. The number of aromatic amines is 2. The molecule has 2 aliphatic heterocycles. The smallest absolute Gasteiger partial charge is 0.295 e. The highest BCUT2D eigenvalue weighted by atomic mass is 16.5. The molecular weight excluding hydrogens is 997 g/mol. The minimum absolute atomic E-state index is 0.206. The molecule has 0 aliphatic carbocycles. The second-order valence-corrected chi connectivity index (χ2v) is 18.2. The Morgan fingerprint density at radius 3 is 1.64 bits per heavy atom. The number of rotatable bonds is 14. The lowest BCUT2D eigenvalue weighted by molar-refractivity contribution is -0.127. The van der Waals surface area contributed by atoms with Gasteiger partial charge in [-0.3, -0.25) is 29.1 Å². The van der Waals surface area contributed by atoms with Gasteiger partial charge in [-0.2, -0.15) is 9.78 Å². The molecule has 0 bridgehead atoms. The minimum Gasteiger partial charge on any atom is -0.494 e. The van der Waals surface area contributed by atoms with Crippen molar-refractivity contribution < 1.29 is 38.1 Å². The molecule has 0 unspecified atom stereocenters. The summed E-state index contributed by atoms with van der Waals surface area (Å²) in [6.45, 7) is 2.00. The summed E-state index contributed by atoms with van der Waals surface area (Å²) in [5.41, 5.74) is 9.61. The van der Waals surface area contributed by atoms with Gasteiger partial charge in [-0.05, 0) is 59.4 Å². The maximum atomic E-state index is 13.6. The molecule has 0 saturated heterocycles. The molecule has 22 nitrogen and oxygen atoms in total. The van der Waals surface area contributed by atoms with Crippen molar-refractivity contribution in [1.82, 2.24) is 69.2 Å². The quantitative estimate of drug-likeness (QED) is 0.0900. The van der Waals surface area contributed by atoms with Gasteiger partial charge in [0.25, 0.3) is 23.4 Å². The summed E-state index contributed by atoms with van der Waals surface area (Å²) in [4.78, 5) is 89.9. The maximum absolute atomic E-state index is 13.6. The zero-order chi connectivity index (χ0) is 53.9. The molecule has 392 valence electrons. The number of benzene rings is 2. The van der Waals surface area contributed by atoms with E-state index in [-0.39, 0.29) is 24.3 Å². The van der Waals surface area contributed by atoms with Gasteiger partial charge >= 0.3 is 0 Å². The van der Waals surface area contributed by atoms with Crippen LogP contribution < -0.4 is 9.47 Å². The Kier molecular flexibility index (Phi) is 14.1. The molecular formula is C56H50N14O8. The summed E-state index contributed by atoms with van der Waals surface area (Å²) in [7, 11) is 6.11. The third-order valence-electron chi connectivity index (χ3n) is 13.7. The Morgan fingerprint density at radius 2 is 1.13 bits per heavy atom. The zero-order valence-electron chi connectivity index (χ0n) is 42.8. The molecule has 2 aliphatic rings. The lowest BCUT2D eigenvalue weighted by atomic mass is 9.92. The molecule has 22 heteroatoms. The minimum atomic E-state index is -0.628. The van der Waals surface area contributed by atoms with Gasteiger partial charge in [0.1, 0.15) is 37.4 Å². The molecule has 0 radical (unpaired) electrons. The van der Waals surface area contributed by atoms with Crippen LogP contribution in [0.15, 0.2) is 123 Å². The van der Waals surface area contributed by atoms with E-state index in [0.29, 0.717) is 95.6 Å². The van der Waals surface area contributed by atoms with E-state index in [4.69, 9.17) is 18.9 Å². The van der Waals surface area contributed by atoms with Crippen LogP contribution in [0.2, 0.25) is 0 Å². The van der Waals surface area contributed by atoms with Crippen LogP contribution in [-0.2, 0) is 58.2 Å². The van der Waals surface area contributed by atoms with Crippen molar-refractivity contribution in [2.24, 2.45) is 0 Å². The van der Waals surface area contributed by atoms with E-state index in [9.17, 15) is 19.2 Å². The number of ketones is 2. The fraction of sp³-hybridized carbons (Fsp3) is 0.214. The first-order valence-corrected chi connectivity index (χ1v) is 24.8. The number of nitrogens with zero attached hydrogens (tertiary/aromatic N) is 12. The molecule has 0 atom stereocenters. The molecule has 8 aromatic heterocycles. The first-order chi connectivity index (χ1) is 38.2. The monoisotopic (exact) mass is 1050 g/mol. The van der Waals surface area contributed by atoms with Gasteiger partial charge in [0.15, 0.2) is 23.3 Å². The fourth-order valence-corrected chi connectivity index (χ4v) is 10.1. The number of carbonyl (C=O) groups is 4. The number of amides is 2. The van der Waals surface area contributed by atoms with Gasteiger partial charge in [-0.25, -0.2) is 24.6 Å². The number of methoxy groups -OCH3 is 4. The van der Waals surface area contributed by atoms with E-state index in [2.05, 4.69) is 50.1 Å². The average molecular weight is 1050 g/mol. The molecule has 2 amide bonds. The highest BCUT2D eigenvalue weighted by Crippen LogP contribution is 2.36. The van der Waals surface area contributed by atoms with Gasteiger partial charge in [-0.1, -0.05) is 48.5 Å². The Hall–Kier alpha value is -9.80. The Morgan fingerprint density at radius 1 is 0.590 bits per heavy atom. The number of ether oxygens (including phenoxy) is 4. The van der Waals surface area contributed by atoms with Gasteiger partial charge < -0.3 is 38.7 Å². The number of hydrogen-bond donors (Lipinski definition) is 2. The van der Waals surface area contributed by atoms with Crippen molar-refractivity contribution in [2.75, 3.05) is 41.5 Å². The third kappa shape index (κ3) is 9.38. The van der Waals surface area contributed by atoms with E-state index in [1.807, 2.05) is 72.8 Å². The number of H-pyrrole nitrogens is 2. The van der Waals surface area contributed by atoms with E-state index in [1.54, 1.807) is 36.4 Å². The van der Waals surface area contributed by atoms with E-state index >= 15 is 0 Å². The molecule has 0 spiro atoms. The van der Waals surface area contributed by atoms with Crippen molar-refractivity contribution in [1.29, 1.82) is 0 Å². The summed E-state index contributed by atoms with van der Waals surface area (Å²) in [6, 6.07) is 23.6. The molecule has 0 fully saturated rings. The Bertz CT molecular complexity index is 3890. The molecule has 12 rings (SSSR count). The van der Waals surface area contributed by atoms with Crippen LogP contribution >= 0.6 is 0 Å². The van der Waals surface area contributed by atoms with Crippen molar-refractivity contribution in [2.45, 2.75) is 39.1 Å². The topological polar surface area (TPSA) is 256 Å². The third-order valence-corrected chi connectivity index (χ3v) is 13.7. The van der Waals surface area contributed by atoms with Crippen LogP contribution in [0.1, 0.15) is 54.6 Å². The van der Waals surface area contributed by atoms with E-state index in [0.717, 1.165) is 44.8 Å². The number of nitrogens with one attached hydrogen (secondary N) is 2. The summed E-state index contributed by atoms with van der Waals surface area (Å²) in [5, 5.41) is 9.55. The average Bonchev–Trinajstić information content (AvgIpc) is 4.35. The van der Waals surface area contributed by atoms with Crippen molar-refractivity contribution in [3.63, 3.8) is 0 Å². The van der Waals surface area contributed by atoms with Crippen molar-refractivity contribution in [3.05, 3.63) is 168 Å². The first-order valence-electron chi connectivity index (χ1n) is 24.8. The van der Waals surface area contributed by atoms with Crippen LogP contribution in [0.25, 0.3) is 56.0 Å². The number of fused-ring (bicyclic) bond motifs is 4. The standard InChI is InChI=1S/2C28H25N7O4/c1-38-15-23-32-16-35(33-23)27-25-24(22(39-2)13-31-27)20(12-30-25)26(36)28(37)34-11-9-18-17(14-34)6-5-7-19(18)21-8-3-4-10-29-21;1-38-15-23-32-16-33-35(23)27-25-24(22(39-2)13-31-27)20(12-30-25)26(36)28(37)34-11-9-18-17(14-34)6-5-7-19(18)21-8-3-4-10-29-21/h2*3-8,10,12-13,16,30H,9,11,14-15H2,1-2H3. The van der Waals surface area contributed by atoms with Crippen LogP contribution in [0.4, 0.5) is 0 Å². The zero-order valence-corrected chi connectivity index (χ0v) is 42.8. The van der Waals surface area contributed by atoms with Gasteiger partial charge in [0.2, 0.25) is 0 Å². The molecule has 78 heavy (non-hydrogen) atoms. The van der Waals surface area contributed by atoms with Gasteiger partial charge in [0.05, 0.1) is 70.9 Å². The maximum Gasteiger partial charge on any atom is 0.295 e. The predicted molar refractivity (Wildman–Crippen MR) is 283 cm³/mol. The first kappa shape index (κ1) is 50.4. The second kappa shape index (κ2) is 21.8. The second-order valence-electron chi connectivity index (χ2n) is 18.2. The number of Topliss-reactive ketones (excluding diaryl/α,β-unsaturated/α-hetero) is 2. The molecule has 0 saturated carbocycles. The number of hydrogen-bond acceptors (Lipinski definition) is 16. The van der Waals surface area contributed by atoms with Crippen molar-refractivity contribution in [3.8, 4) is 45.6 Å². The SMILES string of the molecule is COCc1ncn(-c2ncc(OC)c3c(C(=O)C(=O)N4CCc5c(cccc5-c5ccccn5)C4)c[nH]c23)n1.COCc1ncnn1-c1ncc(OC)c2c(C(=O)C(=O)N3CCc4c(cccc4-c4ccccn4)C3)c[nH]c12. The van der Waals surface area contributed by atoms with Crippen LogP contribution in [0.5, 0.6) is 11.5 Å².